The van der Waals surface area contributed by atoms with Crippen LogP contribution in [0, 0.1) is 0 Å². The van der Waals surface area contributed by atoms with Crippen molar-refractivity contribution in [1.29, 1.82) is 0 Å². The predicted octanol–water partition coefficient (Wildman–Crippen LogP) is 4.17. The van der Waals surface area contributed by atoms with Gasteiger partial charge in [-0.15, -0.1) is 0 Å². The minimum absolute atomic E-state index is 0.185. The summed E-state index contributed by atoms with van der Waals surface area (Å²) in [6, 6.07) is 6.52. The Morgan fingerprint density at radius 3 is 2.76 bits per heavy atom. The fourth-order valence-electron chi connectivity index (χ4n) is 2.32. The van der Waals surface area contributed by atoms with Crippen LogP contribution >= 0.6 is 27.5 Å². The standard InChI is InChI=1S/C15H20BrClN4/c1-4-18-14(11-5-6-13(17)12(16)7-11)8-15-19-9-20-21(15)10(2)3/h5-7,9-10,14,18H,4,8H2,1-3H3. The van der Waals surface area contributed by atoms with Crippen molar-refractivity contribution in [3.8, 4) is 0 Å². The van der Waals surface area contributed by atoms with E-state index in [1.807, 2.05) is 10.7 Å². The van der Waals surface area contributed by atoms with Gasteiger partial charge in [0.05, 0.1) is 5.02 Å². The van der Waals surface area contributed by atoms with Gasteiger partial charge in [-0.05, 0) is 54.0 Å². The molecule has 1 aromatic heterocycles. The molecule has 0 radical (unpaired) electrons. The third-order valence-corrected chi connectivity index (χ3v) is 4.53. The minimum atomic E-state index is 0.185. The summed E-state index contributed by atoms with van der Waals surface area (Å²) in [5, 5.41) is 8.53. The van der Waals surface area contributed by atoms with Gasteiger partial charge in [0, 0.05) is 23.0 Å². The third kappa shape index (κ3) is 4.05. The summed E-state index contributed by atoms with van der Waals surface area (Å²) in [5.74, 6) is 0.988. The van der Waals surface area contributed by atoms with Gasteiger partial charge in [0.2, 0.25) is 0 Å². The molecular formula is C15H20BrClN4. The van der Waals surface area contributed by atoms with Gasteiger partial charge < -0.3 is 5.32 Å². The molecule has 0 aliphatic rings. The van der Waals surface area contributed by atoms with Crippen molar-refractivity contribution in [2.75, 3.05) is 6.54 Å². The molecule has 0 bridgehead atoms. The highest BCUT2D eigenvalue weighted by Gasteiger charge is 2.17. The Kier molecular flexibility index (Phi) is 5.79. The van der Waals surface area contributed by atoms with Crippen LogP contribution in [0.1, 0.15) is 44.2 Å². The Balaban J connectivity index is 2.26. The molecule has 0 saturated carbocycles. The molecular weight excluding hydrogens is 352 g/mol. The van der Waals surface area contributed by atoms with Crippen molar-refractivity contribution in [2.24, 2.45) is 0 Å². The molecule has 0 spiro atoms. The normalized spacial score (nSPS) is 12.9. The van der Waals surface area contributed by atoms with Crippen LogP contribution in [0.2, 0.25) is 5.02 Å². The molecule has 1 N–H and O–H groups in total. The van der Waals surface area contributed by atoms with E-state index in [4.69, 9.17) is 11.6 Å². The van der Waals surface area contributed by atoms with Crippen molar-refractivity contribution in [2.45, 2.75) is 39.3 Å². The SMILES string of the molecule is CCNC(Cc1ncnn1C(C)C)c1ccc(Cl)c(Br)c1. The van der Waals surface area contributed by atoms with Crippen molar-refractivity contribution < 1.29 is 0 Å². The summed E-state index contributed by atoms with van der Waals surface area (Å²) >= 11 is 9.57. The molecule has 2 rings (SSSR count). The number of aromatic nitrogens is 3. The second-order valence-electron chi connectivity index (χ2n) is 5.20. The highest BCUT2D eigenvalue weighted by atomic mass is 79.9. The monoisotopic (exact) mass is 370 g/mol. The van der Waals surface area contributed by atoms with E-state index in [0.717, 1.165) is 28.3 Å². The first kappa shape index (κ1) is 16.5. The van der Waals surface area contributed by atoms with Crippen LogP contribution in [-0.4, -0.2) is 21.3 Å². The lowest BCUT2D eigenvalue weighted by atomic mass is 10.0. The number of halogens is 2. The van der Waals surface area contributed by atoms with E-state index < -0.39 is 0 Å². The van der Waals surface area contributed by atoms with E-state index in [-0.39, 0.29) is 6.04 Å². The molecule has 1 heterocycles. The molecule has 114 valence electrons. The number of nitrogens with zero attached hydrogens (tertiary/aromatic N) is 3. The summed E-state index contributed by atoms with van der Waals surface area (Å²) in [7, 11) is 0. The smallest absolute Gasteiger partial charge is 0.138 e. The summed E-state index contributed by atoms with van der Waals surface area (Å²) in [5.41, 5.74) is 1.19. The zero-order valence-corrected chi connectivity index (χ0v) is 14.8. The van der Waals surface area contributed by atoms with Crippen molar-refractivity contribution in [1.82, 2.24) is 20.1 Å². The van der Waals surface area contributed by atoms with Gasteiger partial charge >= 0.3 is 0 Å². The van der Waals surface area contributed by atoms with Crippen LogP contribution in [0.25, 0.3) is 0 Å². The first-order chi connectivity index (χ1) is 10.0. The van der Waals surface area contributed by atoms with Gasteiger partial charge in [-0.2, -0.15) is 5.10 Å². The average molecular weight is 372 g/mol. The minimum Gasteiger partial charge on any atom is -0.310 e. The molecule has 1 unspecified atom stereocenters. The Hall–Kier alpha value is -0.910. The van der Waals surface area contributed by atoms with E-state index in [9.17, 15) is 0 Å². The molecule has 1 atom stereocenters. The fourth-order valence-corrected chi connectivity index (χ4v) is 2.83. The first-order valence-corrected chi connectivity index (χ1v) is 8.26. The third-order valence-electron chi connectivity index (χ3n) is 3.32. The van der Waals surface area contributed by atoms with Crippen LogP contribution in [0.5, 0.6) is 0 Å². The Morgan fingerprint density at radius 2 is 2.14 bits per heavy atom. The zero-order chi connectivity index (χ0) is 15.4. The molecule has 2 aromatic rings. The summed E-state index contributed by atoms with van der Waals surface area (Å²) < 4.78 is 2.88. The lowest BCUT2D eigenvalue weighted by Gasteiger charge is -2.19. The van der Waals surface area contributed by atoms with Gasteiger partial charge in [0.15, 0.2) is 0 Å². The number of hydrogen-bond donors (Lipinski definition) is 1. The van der Waals surface area contributed by atoms with Gasteiger partial charge in [-0.1, -0.05) is 24.6 Å². The average Bonchev–Trinajstić information content (AvgIpc) is 2.90. The van der Waals surface area contributed by atoms with Crippen molar-refractivity contribution in [3.63, 3.8) is 0 Å². The maximum atomic E-state index is 6.08. The van der Waals surface area contributed by atoms with E-state index >= 15 is 0 Å². The van der Waals surface area contributed by atoms with Gasteiger partial charge in [-0.3, -0.25) is 0 Å². The number of likely N-dealkylation sites (N-methyl/N-ethyl adjacent to an activating group) is 1. The fraction of sp³-hybridized carbons (Fsp3) is 0.467. The molecule has 1 aromatic carbocycles. The predicted molar refractivity (Wildman–Crippen MR) is 89.7 cm³/mol. The Morgan fingerprint density at radius 1 is 1.38 bits per heavy atom. The lowest BCUT2D eigenvalue weighted by Crippen LogP contribution is -2.25. The van der Waals surface area contributed by atoms with Gasteiger partial charge in [-0.25, -0.2) is 9.67 Å². The maximum Gasteiger partial charge on any atom is 0.138 e. The second kappa shape index (κ2) is 7.38. The van der Waals surface area contributed by atoms with Crippen LogP contribution in [-0.2, 0) is 6.42 Å². The Labute approximate surface area is 139 Å². The van der Waals surface area contributed by atoms with Crippen molar-refractivity contribution >= 4 is 27.5 Å². The zero-order valence-electron chi connectivity index (χ0n) is 12.5. The van der Waals surface area contributed by atoms with E-state index in [1.165, 1.54) is 5.56 Å². The number of rotatable bonds is 6. The van der Waals surface area contributed by atoms with Crippen LogP contribution in [0.15, 0.2) is 29.0 Å². The number of hydrogen-bond acceptors (Lipinski definition) is 3. The molecule has 0 aliphatic heterocycles. The van der Waals surface area contributed by atoms with Gasteiger partial charge in [0.1, 0.15) is 12.2 Å². The molecule has 6 heteroatoms. The highest BCUT2D eigenvalue weighted by molar-refractivity contribution is 9.10. The van der Waals surface area contributed by atoms with Crippen LogP contribution in [0.4, 0.5) is 0 Å². The highest BCUT2D eigenvalue weighted by Crippen LogP contribution is 2.27. The first-order valence-electron chi connectivity index (χ1n) is 7.09. The summed E-state index contributed by atoms with van der Waals surface area (Å²) in [6.07, 6.45) is 2.41. The van der Waals surface area contributed by atoms with E-state index in [1.54, 1.807) is 6.33 Å². The summed E-state index contributed by atoms with van der Waals surface area (Å²) in [6.45, 7) is 7.21. The quantitative estimate of drug-likeness (QED) is 0.829. The topological polar surface area (TPSA) is 42.7 Å². The maximum absolute atomic E-state index is 6.08. The van der Waals surface area contributed by atoms with Crippen molar-refractivity contribution in [3.05, 3.63) is 45.4 Å². The summed E-state index contributed by atoms with van der Waals surface area (Å²) in [4.78, 5) is 4.40. The van der Waals surface area contributed by atoms with Crippen LogP contribution in [0.3, 0.4) is 0 Å². The van der Waals surface area contributed by atoms with E-state index in [2.05, 4.69) is 64.2 Å². The number of benzene rings is 1. The number of nitrogens with one attached hydrogen (secondary N) is 1. The molecule has 0 aliphatic carbocycles. The molecule has 0 saturated heterocycles. The van der Waals surface area contributed by atoms with Crippen LogP contribution < -0.4 is 5.32 Å². The molecule has 0 fully saturated rings. The largest absolute Gasteiger partial charge is 0.310 e. The lowest BCUT2D eigenvalue weighted by molar-refractivity contribution is 0.468. The molecule has 0 amide bonds. The Bertz CT molecular complexity index is 597. The van der Waals surface area contributed by atoms with Gasteiger partial charge in [0.25, 0.3) is 0 Å². The molecule has 21 heavy (non-hydrogen) atoms. The molecule has 4 nitrogen and oxygen atoms in total. The van der Waals surface area contributed by atoms with E-state index in [0.29, 0.717) is 6.04 Å². The second-order valence-corrected chi connectivity index (χ2v) is 6.46.